The second-order valence-corrected chi connectivity index (χ2v) is 2.36. The number of carboxylic acids is 1. The summed E-state index contributed by atoms with van der Waals surface area (Å²) < 4.78 is 25.4. The summed E-state index contributed by atoms with van der Waals surface area (Å²) in [4.78, 5) is 20.6. The summed E-state index contributed by atoms with van der Waals surface area (Å²) in [7, 11) is 0. The van der Waals surface area contributed by atoms with Crippen LogP contribution in [0.15, 0.2) is 18.2 Å². The van der Waals surface area contributed by atoms with Gasteiger partial charge in [-0.2, -0.15) is 0 Å². The van der Waals surface area contributed by atoms with Gasteiger partial charge in [0.2, 0.25) is 0 Å². The highest BCUT2D eigenvalue weighted by Crippen LogP contribution is 2.16. The van der Waals surface area contributed by atoms with Crippen LogP contribution in [0.25, 0.3) is 0 Å². The van der Waals surface area contributed by atoms with Gasteiger partial charge in [0.1, 0.15) is 0 Å². The Morgan fingerprint density at radius 3 is 2.50 bits per heavy atom. The van der Waals surface area contributed by atoms with Crippen molar-refractivity contribution in [1.29, 1.82) is 0 Å². The fourth-order valence-electron chi connectivity index (χ4n) is 0.776. The molecule has 0 heterocycles. The lowest BCUT2D eigenvalue weighted by molar-refractivity contribution is -0.147. The van der Waals surface area contributed by atoms with E-state index < -0.39 is 29.2 Å². The molecule has 0 bridgehead atoms. The van der Waals surface area contributed by atoms with Crippen LogP contribution in [-0.2, 0) is 9.59 Å². The zero-order valence-corrected chi connectivity index (χ0v) is 6.75. The summed E-state index contributed by atoms with van der Waals surface area (Å²) in [6.07, 6.45) is 0. The van der Waals surface area contributed by atoms with E-state index in [9.17, 15) is 18.4 Å². The van der Waals surface area contributed by atoms with Crippen molar-refractivity contribution >= 4 is 17.6 Å². The smallest absolute Gasteiger partial charge is 0.394 e. The molecule has 0 radical (unpaired) electrons. The molecule has 0 aliphatic carbocycles. The molecule has 1 aromatic carbocycles. The summed E-state index contributed by atoms with van der Waals surface area (Å²) in [5, 5.41) is 9.87. The zero-order chi connectivity index (χ0) is 10.7. The number of rotatable bonds is 1. The lowest BCUT2D eigenvalue weighted by atomic mass is 10.3. The molecule has 1 aromatic rings. The van der Waals surface area contributed by atoms with Crippen molar-refractivity contribution in [3.05, 3.63) is 29.8 Å². The fraction of sp³-hybridized carbons (Fsp3) is 0. The van der Waals surface area contributed by atoms with E-state index in [1.165, 1.54) is 0 Å². The Bertz CT molecular complexity index is 392. The number of carbonyl (C=O) groups excluding carboxylic acids is 1. The van der Waals surface area contributed by atoms with Gasteiger partial charge >= 0.3 is 11.9 Å². The first-order chi connectivity index (χ1) is 6.52. The highest BCUT2D eigenvalue weighted by molar-refractivity contribution is 6.36. The quantitative estimate of drug-likeness (QED) is 0.666. The number of anilines is 1. The third-order valence-corrected chi connectivity index (χ3v) is 1.39. The van der Waals surface area contributed by atoms with Crippen LogP contribution < -0.4 is 5.32 Å². The standard InChI is InChI=1S/C8H5F2NO3/c9-4-2-1-3-5(6(4)10)11-7(12)8(13)14/h1-3H,(H,11,12)(H,13,14). The van der Waals surface area contributed by atoms with Gasteiger partial charge in [0.05, 0.1) is 5.69 Å². The van der Waals surface area contributed by atoms with Crippen LogP contribution in [0.4, 0.5) is 14.5 Å². The van der Waals surface area contributed by atoms with E-state index in [1.807, 2.05) is 0 Å². The average Bonchev–Trinajstić information content (AvgIpc) is 2.12. The molecule has 6 heteroatoms. The Labute approximate surface area is 77.2 Å². The minimum absolute atomic E-state index is 0.502. The maximum Gasteiger partial charge on any atom is 0.394 e. The summed E-state index contributed by atoms with van der Waals surface area (Å²) in [6.45, 7) is 0. The second-order valence-electron chi connectivity index (χ2n) is 2.36. The second kappa shape index (κ2) is 3.82. The van der Waals surface area contributed by atoms with Gasteiger partial charge in [-0.15, -0.1) is 0 Å². The monoisotopic (exact) mass is 201 g/mol. The van der Waals surface area contributed by atoms with Gasteiger partial charge in [-0.3, -0.25) is 4.79 Å². The summed E-state index contributed by atoms with van der Waals surface area (Å²) in [5.41, 5.74) is -0.502. The molecule has 0 aliphatic rings. The van der Waals surface area contributed by atoms with Crippen LogP contribution in [0.5, 0.6) is 0 Å². The summed E-state index contributed by atoms with van der Waals surface area (Å²) >= 11 is 0. The van der Waals surface area contributed by atoms with Crippen molar-refractivity contribution in [3.63, 3.8) is 0 Å². The van der Waals surface area contributed by atoms with Crippen molar-refractivity contribution < 1.29 is 23.5 Å². The Kier molecular flexibility index (Phi) is 2.76. The van der Waals surface area contributed by atoms with Crippen molar-refractivity contribution in [2.45, 2.75) is 0 Å². The molecule has 74 valence electrons. The number of hydrogen-bond acceptors (Lipinski definition) is 2. The SMILES string of the molecule is O=C(O)C(=O)Nc1cccc(F)c1F. The summed E-state index contributed by atoms with van der Waals surface area (Å²) in [5.74, 6) is -5.64. The lowest BCUT2D eigenvalue weighted by Crippen LogP contribution is -2.22. The predicted molar refractivity (Wildman–Crippen MR) is 42.6 cm³/mol. The third kappa shape index (κ3) is 2.03. The lowest BCUT2D eigenvalue weighted by Gasteiger charge is -2.03. The molecule has 0 aliphatic heterocycles. The van der Waals surface area contributed by atoms with Gasteiger partial charge in [0, 0.05) is 0 Å². The van der Waals surface area contributed by atoms with E-state index in [1.54, 1.807) is 5.32 Å². The minimum atomic E-state index is -1.77. The Morgan fingerprint density at radius 1 is 1.29 bits per heavy atom. The summed E-state index contributed by atoms with van der Waals surface area (Å²) in [6, 6.07) is 3.06. The number of aliphatic carboxylic acids is 1. The molecule has 0 unspecified atom stereocenters. The predicted octanol–water partition coefficient (Wildman–Crippen LogP) is 0.988. The van der Waals surface area contributed by atoms with Crippen LogP contribution in [0.2, 0.25) is 0 Å². The molecule has 0 saturated carbocycles. The molecule has 0 saturated heterocycles. The van der Waals surface area contributed by atoms with E-state index in [0.29, 0.717) is 0 Å². The number of carbonyl (C=O) groups is 2. The zero-order valence-electron chi connectivity index (χ0n) is 6.75. The fourth-order valence-corrected chi connectivity index (χ4v) is 0.776. The van der Waals surface area contributed by atoms with Gasteiger partial charge < -0.3 is 10.4 Å². The maximum absolute atomic E-state index is 12.8. The molecule has 1 amide bonds. The molecular formula is C8H5F2NO3. The first-order valence-corrected chi connectivity index (χ1v) is 3.50. The van der Waals surface area contributed by atoms with Gasteiger partial charge in [0.25, 0.3) is 0 Å². The number of carboxylic acid groups (broad SMARTS) is 1. The molecule has 4 nitrogen and oxygen atoms in total. The van der Waals surface area contributed by atoms with Gasteiger partial charge in [-0.25, -0.2) is 13.6 Å². The molecule has 1 rings (SSSR count). The molecule has 0 atom stereocenters. The molecular weight excluding hydrogens is 196 g/mol. The van der Waals surface area contributed by atoms with E-state index in [0.717, 1.165) is 18.2 Å². The Hall–Kier alpha value is -1.98. The van der Waals surface area contributed by atoms with E-state index >= 15 is 0 Å². The minimum Gasteiger partial charge on any atom is -0.474 e. The molecule has 14 heavy (non-hydrogen) atoms. The van der Waals surface area contributed by atoms with Crippen LogP contribution >= 0.6 is 0 Å². The number of hydrogen-bond donors (Lipinski definition) is 2. The maximum atomic E-state index is 12.8. The van der Waals surface area contributed by atoms with E-state index in [-0.39, 0.29) is 0 Å². The molecule has 2 N–H and O–H groups in total. The van der Waals surface area contributed by atoms with E-state index in [2.05, 4.69) is 0 Å². The Balaban J connectivity index is 2.93. The van der Waals surface area contributed by atoms with Crippen molar-refractivity contribution in [2.24, 2.45) is 0 Å². The van der Waals surface area contributed by atoms with Gasteiger partial charge in [-0.05, 0) is 12.1 Å². The average molecular weight is 201 g/mol. The first-order valence-electron chi connectivity index (χ1n) is 3.50. The number of halogens is 2. The normalized spacial score (nSPS) is 9.57. The van der Waals surface area contributed by atoms with Crippen LogP contribution in [-0.4, -0.2) is 17.0 Å². The van der Waals surface area contributed by atoms with Crippen LogP contribution in [0.3, 0.4) is 0 Å². The highest BCUT2D eigenvalue weighted by Gasteiger charge is 2.15. The molecule has 0 aromatic heterocycles. The molecule has 0 spiro atoms. The number of amides is 1. The van der Waals surface area contributed by atoms with Gasteiger partial charge in [-0.1, -0.05) is 6.07 Å². The van der Waals surface area contributed by atoms with Gasteiger partial charge in [0.15, 0.2) is 11.6 Å². The topological polar surface area (TPSA) is 66.4 Å². The van der Waals surface area contributed by atoms with Crippen LogP contribution in [0.1, 0.15) is 0 Å². The van der Waals surface area contributed by atoms with Crippen LogP contribution in [0, 0.1) is 11.6 Å². The third-order valence-electron chi connectivity index (χ3n) is 1.39. The largest absolute Gasteiger partial charge is 0.474 e. The van der Waals surface area contributed by atoms with E-state index in [4.69, 9.17) is 5.11 Å². The highest BCUT2D eigenvalue weighted by atomic mass is 19.2. The van der Waals surface area contributed by atoms with Crippen molar-refractivity contribution in [3.8, 4) is 0 Å². The number of benzene rings is 1. The number of nitrogens with one attached hydrogen (secondary N) is 1. The van der Waals surface area contributed by atoms with Crippen molar-refractivity contribution in [2.75, 3.05) is 5.32 Å². The Morgan fingerprint density at radius 2 is 1.93 bits per heavy atom. The first kappa shape index (κ1) is 10.1. The van der Waals surface area contributed by atoms with Crippen molar-refractivity contribution in [1.82, 2.24) is 0 Å². The molecule has 0 fully saturated rings.